The summed E-state index contributed by atoms with van der Waals surface area (Å²) in [5, 5.41) is 10.4. The molecule has 1 aliphatic carbocycles. The van der Waals surface area contributed by atoms with Gasteiger partial charge >= 0.3 is 0 Å². The molecule has 1 aromatic carbocycles. The first-order valence-electron chi connectivity index (χ1n) is 12.3. The quantitative estimate of drug-likeness (QED) is 0.649. The number of benzene rings is 1. The molecule has 2 aromatic rings. The van der Waals surface area contributed by atoms with Crippen LogP contribution in [0.1, 0.15) is 72.3 Å². The van der Waals surface area contributed by atoms with E-state index in [1.54, 1.807) is 14.7 Å². The van der Waals surface area contributed by atoms with Gasteiger partial charge in [0.2, 0.25) is 0 Å². The monoisotopic (exact) mass is 485 g/mol. The van der Waals surface area contributed by atoms with Gasteiger partial charge in [0.15, 0.2) is 5.69 Å². The average Bonchev–Trinajstić information content (AvgIpc) is 3.50. The number of piperazine rings is 1. The third-order valence-corrected chi connectivity index (χ3v) is 9.84. The van der Waals surface area contributed by atoms with E-state index in [0.717, 1.165) is 37.0 Å². The summed E-state index contributed by atoms with van der Waals surface area (Å²) >= 11 is 0. The van der Waals surface area contributed by atoms with E-state index in [2.05, 4.69) is 15.8 Å². The van der Waals surface area contributed by atoms with Crippen molar-refractivity contribution >= 4 is 16.1 Å². The van der Waals surface area contributed by atoms with Crippen molar-refractivity contribution in [2.75, 3.05) is 19.6 Å². The summed E-state index contributed by atoms with van der Waals surface area (Å²) in [5.74, 6) is 0.959. The molecule has 0 spiro atoms. The minimum absolute atomic E-state index is 0.0644. The van der Waals surface area contributed by atoms with Gasteiger partial charge in [0.1, 0.15) is 5.76 Å². The lowest BCUT2D eigenvalue weighted by atomic mass is 9.99. The first kappa shape index (κ1) is 22.2. The van der Waals surface area contributed by atoms with Crippen LogP contribution in [0.4, 0.5) is 0 Å². The summed E-state index contributed by atoms with van der Waals surface area (Å²) in [4.78, 5) is 12.7. The molecule has 4 atom stereocenters. The van der Waals surface area contributed by atoms with Crippen molar-refractivity contribution in [2.24, 2.45) is 0 Å². The van der Waals surface area contributed by atoms with Crippen molar-refractivity contribution in [3.8, 4) is 0 Å². The molecule has 0 radical (unpaired) electrons. The number of hydrogen-bond acceptors (Lipinski definition) is 6. The van der Waals surface area contributed by atoms with Crippen molar-refractivity contribution in [1.82, 2.24) is 24.4 Å². The Hall–Kier alpha value is -2.27. The number of carbonyl (C=O) groups is 1. The molecular formula is C24H31N5O4S. The second-order valence-electron chi connectivity index (χ2n) is 9.99. The second kappa shape index (κ2) is 8.75. The van der Waals surface area contributed by atoms with E-state index in [4.69, 9.17) is 4.52 Å². The summed E-state index contributed by atoms with van der Waals surface area (Å²) in [6.07, 6.45) is 5.08. The fraction of sp³-hybridized carbons (Fsp3) is 0.583. The van der Waals surface area contributed by atoms with Crippen LogP contribution in [-0.4, -0.2) is 65.9 Å². The number of nitrogens with zero attached hydrogens (tertiary/aromatic N) is 3. The van der Waals surface area contributed by atoms with Crippen LogP contribution in [0.2, 0.25) is 0 Å². The van der Waals surface area contributed by atoms with Crippen molar-refractivity contribution in [3.05, 3.63) is 53.4 Å². The molecule has 2 bridgehead atoms. The molecule has 4 fully saturated rings. The van der Waals surface area contributed by atoms with Crippen LogP contribution in [0.5, 0.6) is 0 Å². The molecule has 10 heteroatoms. The van der Waals surface area contributed by atoms with Crippen LogP contribution in [0.3, 0.4) is 0 Å². The number of fused-ring (bicyclic) bond motifs is 2. The zero-order valence-corrected chi connectivity index (χ0v) is 19.9. The molecule has 1 amide bonds. The second-order valence-corrected chi connectivity index (χ2v) is 11.8. The van der Waals surface area contributed by atoms with E-state index in [1.807, 2.05) is 30.3 Å². The van der Waals surface area contributed by atoms with Crippen LogP contribution in [0.25, 0.3) is 0 Å². The number of amides is 1. The number of aromatic nitrogens is 1. The normalized spacial score (nSPS) is 30.4. The smallest absolute Gasteiger partial charge is 0.283 e. The third-order valence-electron chi connectivity index (χ3n) is 7.68. The summed E-state index contributed by atoms with van der Waals surface area (Å²) in [6.45, 7) is 1.70. The lowest BCUT2D eigenvalue weighted by Crippen LogP contribution is -2.59. The van der Waals surface area contributed by atoms with Crippen LogP contribution in [0, 0.1) is 0 Å². The molecule has 9 nitrogen and oxygen atoms in total. The molecule has 4 aliphatic rings. The predicted octanol–water partition coefficient (Wildman–Crippen LogP) is 2.17. The Bertz CT molecular complexity index is 1140. The molecule has 4 heterocycles. The standard InChI is InChI=1S/C24H31N5O4S/c30-24(21-14-23(33-27-21)17-6-7-17)26-18-12-19-8-9-20(13-18)29(19)34(31,32)28-11-10-25-15-22(28)16-4-2-1-3-5-16/h1-5,14,17-20,22,25H,6-13,15H2,(H,26,30)/t18-,19+,20-,22?. The van der Waals surface area contributed by atoms with Crippen molar-refractivity contribution in [2.45, 2.75) is 68.6 Å². The fourth-order valence-corrected chi connectivity index (χ4v) is 8.11. The molecule has 3 saturated heterocycles. The van der Waals surface area contributed by atoms with E-state index in [9.17, 15) is 13.2 Å². The first-order valence-corrected chi connectivity index (χ1v) is 13.7. The van der Waals surface area contributed by atoms with Gasteiger partial charge in [-0.2, -0.15) is 17.0 Å². The Morgan fingerprint density at radius 2 is 1.82 bits per heavy atom. The van der Waals surface area contributed by atoms with Gasteiger partial charge in [0.25, 0.3) is 16.1 Å². The summed E-state index contributed by atoms with van der Waals surface area (Å²) in [7, 11) is -3.63. The molecule has 2 N–H and O–H groups in total. The average molecular weight is 486 g/mol. The fourth-order valence-electron chi connectivity index (χ4n) is 5.89. The zero-order valence-electron chi connectivity index (χ0n) is 19.1. The molecule has 34 heavy (non-hydrogen) atoms. The van der Waals surface area contributed by atoms with Gasteiger partial charge in [-0.05, 0) is 44.1 Å². The highest BCUT2D eigenvalue weighted by molar-refractivity contribution is 7.86. The van der Waals surface area contributed by atoms with Gasteiger partial charge in [-0.3, -0.25) is 4.79 Å². The maximum absolute atomic E-state index is 13.9. The Balaban J connectivity index is 1.16. The van der Waals surface area contributed by atoms with Gasteiger partial charge in [-0.1, -0.05) is 35.5 Å². The summed E-state index contributed by atoms with van der Waals surface area (Å²) in [6, 6.07) is 11.1. The van der Waals surface area contributed by atoms with Crippen molar-refractivity contribution in [3.63, 3.8) is 0 Å². The first-order chi connectivity index (χ1) is 16.5. The molecule has 1 saturated carbocycles. The van der Waals surface area contributed by atoms with E-state index in [0.29, 0.717) is 44.1 Å². The molecular weight excluding hydrogens is 454 g/mol. The molecule has 182 valence electrons. The van der Waals surface area contributed by atoms with Gasteiger partial charge in [-0.25, -0.2) is 0 Å². The topological polar surface area (TPSA) is 108 Å². The van der Waals surface area contributed by atoms with Crippen molar-refractivity contribution < 1.29 is 17.7 Å². The van der Waals surface area contributed by atoms with Gasteiger partial charge < -0.3 is 15.2 Å². The van der Waals surface area contributed by atoms with Crippen molar-refractivity contribution in [1.29, 1.82) is 0 Å². The highest BCUT2D eigenvalue weighted by Gasteiger charge is 2.50. The molecule has 1 aromatic heterocycles. The highest BCUT2D eigenvalue weighted by atomic mass is 32.2. The lowest BCUT2D eigenvalue weighted by molar-refractivity contribution is 0.0896. The van der Waals surface area contributed by atoms with E-state index >= 15 is 0 Å². The maximum atomic E-state index is 13.9. The van der Waals surface area contributed by atoms with E-state index in [-0.39, 0.29) is 30.1 Å². The van der Waals surface area contributed by atoms with Gasteiger partial charge in [-0.15, -0.1) is 0 Å². The summed E-state index contributed by atoms with van der Waals surface area (Å²) < 4.78 is 36.6. The van der Waals surface area contributed by atoms with E-state index in [1.165, 1.54) is 0 Å². The van der Waals surface area contributed by atoms with E-state index < -0.39 is 10.2 Å². The third kappa shape index (κ3) is 4.06. The van der Waals surface area contributed by atoms with Gasteiger partial charge in [0.05, 0.1) is 6.04 Å². The Morgan fingerprint density at radius 1 is 1.09 bits per heavy atom. The largest absolute Gasteiger partial charge is 0.360 e. The number of hydrogen-bond donors (Lipinski definition) is 2. The number of carbonyl (C=O) groups excluding carboxylic acids is 1. The Labute approximate surface area is 200 Å². The van der Waals surface area contributed by atoms with Gasteiger partial charge in [0, 0.05) is 49.7 Å². The molecule has 3 aliphatic heterocycles. The van der Waals surface area contributed by atoms with Crippen LogP contribution in [0.15, 0.2) is 40.9 Å². The number of rotatable bonds is 6. The Morgan fingerprint density at radius 3 is 2.53 bits per heavy atom. The highest BCUT2D eigenvalue weighted by Crippen LogP contribution is 2.41. The zero-order chi connectivity index (χ0) is 23.3. The Kier molecular flexibility index (Phi) is 5.71. The predicted molar refractivity (Wildman–Crippen MR) is 125 cm³/mol. The molecule has 6 rings (SSSR count). The van der Waals surface area contributed by atoms with Crippen LogP contribution < -0.4 is 10.6 Å². The van der Waals surface area contributed by atoms with Crippen LogP contribution >= 0.6 is 0 Å². The van der Waals surface area contributed by atoms with Crippen LogP contribution in [-0.2, 0) is 10.2 Å². The number of piperidine rings is 1. The molecule has 1 unspecified atom stereocenters. The SMILES string of the molecule is O=C(N[C@H]1C[C@H]2CC[C@@H](C1)N2S(=O)(=O)N1CCNCC1c1ccccc1)c1cc(C2CC2)on1. The number of nitrogens with one attached hydrogen (secondary N) is 2. The minimum Gasteiger partial charge on any atom is -0.360 e. The summed E-state index contributed by atoms with van der Waals surface area (Å²) in [5.41, 5.74) is 1.32. The maximum Gasteiger partial charge on any atom is 0.283 e. The minimum atomic E-state index is -3.63. The lowest BCUT2D eigenvalue weighted by Gasteiger charge is -2.43.